The number of fused-ring (bicyclic) bond motifs is 1. The molecule has 6 heteroatoms. The Morgan fingerprint density at radius 3 is 2.61 bits per heavy atom. The van der Waals surface area contributed by atoms with Gasteiger partial charge in [0, 0.05) is 5.39 Å². The molecule has 0 saturated carbocycles. The molecule has 0 aliphatic rings. The molecule has 2 aromatic rings. The Labute approximate surface area is 101 Å². The normalized spacial score (nSPS) is 11.8. The molecule has 1 heterocycles. The summed E-state index contributed by atoms with van der Waals surface area (Å²) in [5.74, 6) is -0.281. The molecule has 18 heavy (non-hydrogen) atoms. The lowest BCUT2D eigenvalue weighted by molar-refractivity contribution is -0.274. The first-order chi connectivity index (χ1) is 8.39. The van der Waals surface area contributed by atoms with Gasteiger partial charge in [-0.2, -0.15) is 0 Å². The third kappa shape index (κ3) is 2.70. The Morgan fingerprint density at radius 2 is 2.00 bits per heavy atom. The zero-order valence-corrected chi connectivity index (χ0v) is 9.45. The van der Waals surface area contributed by atoms with Crippen molar-refractivity contribution in [3.05, 3.63) is 35.5 Å². The van der Waals surface area contributed by atoms with Gasteiger partial charge in [-0.25, -0.2) is 0 Å². The molecule has 96 valence electrons. The van der Waals surface area contributed by atoms with Crippen LogP contribution in [0, 0.1) is 6.92 Å². The lowest BCUT2D eigenvalue weighted by Crippen LogP contribution is -2.17. The van der Waals surface area contributed by atoms with Crippen LogP contribution in [0.1, 0.15) is 11.3 Å². The summed E-state index contributed by atoms with van der Waals surface area (Å²) in [6, 6.07) is 5.54. The lowest BCUT2D eigenvalue weighted by Gasteiger charge is -2.10. The Balaban J connectivity index is 2.49. The van der Waals surface area contributed by atoms with Gasteiger partial charge in [0.15, 0.2) is 0 Å². The van der Waals surface area contributed by atoms with Crippen molar-refractivity contribution in [1.82, 2.24) is 4.98 Å². The predicted molar refractivity (Wildman–Crippen MR) is 59.1 cm³/mol. The van der Waals surface area contributed by atoms with Gasteiger partial charge < -0.3 is 9.84 Å². The summed E-state index contributed by atoms with van der Waals surface area (Å²) < 4.78 is 40.1. The van der Waals surface area contributed by atoms with Crippen molar-refractivity contribution in [1.29, 1.82) is 0 Å². The zero-order valence-electron chi connectivity index (χ0n) is 9.45. The molecule has 1 aromatic heterocycles. The van der Waals surface area contributed by atoms with Gasteiger partial charge in [0.05, 0.1) is 17.8 Å². The van der Waals surface area contributed by atoms with Crippen molar-refractivity contribution in [3.63, 3.8) is 0 Å². The molecule has 0 atom stereocenters. The van der Waals surface area contributed by atoms with Gasteiger partial charge in [0.2, 0.25) is 0 Å². The highest BCUT2D eigenvalue weighted by atomic mass is 19.4. The summed E-state index contributed by atoms with van der Waals surface area (Å²) in [6.07, 6.45) is -4.71. The first kappa shape index (κ1) is 12.6. The van der Waals surface area contributed by atoms with Crippen molar-refractivity contribution in [2.45, 2.75) is 19.9 Å². The van der Waals surface area contributed by atoms with Crippen LogP contribution in [0.2, 0.25) is 0 Å². The fraction of sp³-hybridized carbons (Fsp3) is 0.250. The van der Waals surface area contributed by atoms with E-state index >= 15 is 0 Å². The molecule has 0 saturated heterocycles. The molecular formula is C12H10F3NO2. The van der Waals surface area contributed by atoms with Crippen molar-refractivity contribution >= 4 is 10.9 Å². The maximum absolute atomic E-state index is 12.1. The molecule has 0 aliphatic heterocycles. The van der Waals surface area contributed by atoms with Gasteiger partial charge >= 0.3 is 6.36 Å². The fourth-order valence-corrected chi connectivity index (χ4v) is 1.72. The number of halogens is 3. The number of alkyl halides is 3. The summed E-state index contributed by atoms with van der Waals surface area (Å²) in [7, 11) is 0. The number of pyridine rings is 1. The minimum absolute atomic E-state index is 0.211. The number of aryl methyl sites for hydroxylation is 1. The van der Waals surface area contributed by atoms with E-state index in [1.165, 1.54) is 18.2 Å². The smallest absolute Gasteiger partial charge is 0.406 e. The maximum atomic E-state index is 12.1. The number of rotatable bonds is 2. The topological polar surface area (TPSA) is 42.4 Å². The maximum Gasteiger partial charge on any atom is 0.573 e. The van der Waals surface area contributed by atoms with E-state index in [4.69, 9.17) is 5.11 Å². The molecule has 0 radical (unpaired) electrons. The number of hydrogen-bond acceptors (Lipinski definition) is 3. The van der Waals surface area contributed by atoms with Gasteiger partial charge in [0.1, 0.15) is 5.75 Å². The van der Waals surface area contributed by atoms with Crippen molar-refractivity contribution in [2.24, 2.45) is 0 Å². The SMILES string of the molecule is Cc1cc(CO)nc2ccc(OC(F)(F)F)cc12. The standard InChI is InChI=1S/C12H10F3NO2/c1-7-4-8(6-17)16-11-3-2-9(5-10(7)11)18-12(13,14)15/h2-5,17H,6H2,1H3. The Hall–Kier alpha value is -1.82. The minimum Gasteiger partial charge on any atom is -0.406 e. The van der Waals surface area contributed by atoms with Gasteiger partial charge in [-0.05, 0) is 36.8 Å². The van der Waals surface area contributed by atoms with E-state index in [9.17, 15) is 13.2 Å². The van der Waals surface area contributed by atoms with E-state index in [2.05, 4.69) is 9.72 Å². The molecular weight excluding hydrogens is 247 g/mol. The van der Waals surface area contributed by atoms with Crippen LogP contribution in [0.5, 0.6) is 5.75 Å². The van der Waals surface area contributed by atoms with Crippen LogP contribution in [0.3, 0.4) is 0 Å². The lowest BCUT2D eigenvalue weighted by atomic mass is 10.1. The summed E-state index contributed by atoms with van der Waals surface area (Å²) >= 11 is 0. The molecule has 0 spiro atoms. The second-order valence-electron chi connectivity index (χ2n) is 3.82. The molecule has 1 aromatic carbocycles. The molecule has 2 rings (SSSR count). The second-order valence-corrected chi connectivity index (χ2v) is 3.82. The molecule has 0 fully saturated rings. The number of benzene rings is 1. The number of aromatic nitrogens is 1. The van der Waals surface area contributed by atoms with Gasteiger partial charge in [-0.3, -0.25) is 4.98 Å². The van der Waals surface area contributed by atoms with Crippen LogP contribution >= 0.6 is 0 Å². The van der Waals surface area contributed by atoms with E-state index in [0.29, 0.717) is 16.6 Å². The number of aliphatic hydroxyl groups is 1. The molecule has 1 N–H and O–H groups in total. The van der Waals surface area contributed by atoms with Crippen molar-refractivity contribution < 1.29 is 23.0 Å². The number of ether oxygens (including phenoxy) is 1. The number of hydrogen-bond donors (Lipinski definition) is 1. The summed E-state index contributed by atoms with van der Waals surface area (Å²) in [5.41, 5.74) is 1.73. The van der Waals surface area contributed by atoms with Gasteiger partial charge in [-0.1, -0.05) is 0 Å². The second kappa shape index (κ2) is 4.45. The molecule has 3 nitrogen and oxygen atoms in total. The van der Waals surface area contributed by atoms with Crippen molar-refractivity contribution in [2.75, 3.05) is 0 Å². The zero-order chi connectivity index (χ0) is 13.3. The van der Waals surface area contributed by atoms with E-state index in [1.54, 1.807) is 13.0 Å². The first-order valence-corrected chi connectivity index (χ1v) is 5.16. The minimum atomic E-state index is -4.71. The summed E-state index contributed by atoms with van der Waals surface area (Å²) in [6.45, 7) is 1.53. The molecule has 0 aliphatic carbocycles. The van der Waals surface area contributed by atoms with Crippen LogP contribution in [0.4, 0.5) is 13.2 Å². The van der Waals surface area contributed by atoms with Crippen LogP contribution in [-0.4, -0.2) is 16.5 Å². The van der Waals surface area contributed by atoms with Gasteiger partial charge in [-0.15, -0.1) is 13.2 Å². The fourth-order valence-electron chi connectivity index (χ4n) is 1.72. The van der Waals surface area contributed by atoms with E-state index in [1.807, 2.05) is 0 Å². The Kier molecular flexibility index (Phi) is 3.13. The Bertz CT molecular complexity index is 581. The largest absolute Gasteiger partial charge is 0.573 e. The summed E-state index contributed by atoms with van der Waals surface area (Å²) in [5, 5.41) is 9.56. The molecule has 0 unspecified atom stereocenters. The molecule has 0 bridgehead atoms. The average molecular weight is 257 g/mol. The van der Waals surface area contributed by atoms with E-state index in [0.717, 1.165) is 5.56 Å². The molecule has 0 amide bonds. The van der Waals surface area contributed by atoms with Crippen LogP contribution in [0.15, 0.2) is 24.3 Å². The summed E-state index contributed by atoms with van der Waals surface area (Å²) in [4.78, 5) is 4.11. The number of nitrogens with zero attached hydrogens (tertiary/aromatic N) is 1. The highest BCUT2D eigenvalue weighted by Gasteiger charge is 2.31. The average Bonchev–Trinajstić information content (AvgIpc) is 2.27. The van der Waals surface area contributed by atoms with Crippen LogP contribution < -0.4 is 4.74 Å². The highest BCUT2D eigenvalue weighted by molar-refractivity contribution is 5.83. The third-order valence-corrected chi connectivity index (χ3v) is 2.44. The quantitative estimate of drug-likeness (QED) is 0.899. The van der Waals surface area contributed by atoms with E-state index in [-0.39, 0.29) is 12.4 Å². The Morgan fingerprint density at radius 1 is 1.28 bits per heavy atom. The first-order valence-electron chi connectivity index (χ1n) is 5.16. The van der Waals surface area contributed by atoms with Gasteiger partial charge in [0.25, 0.3) is 0 Å². The highest BCUT2D eigenvalue weighted by Crippen LogP contribution is 2.27. The predicted octanol–water partition coefficient (Wildman–Crippen LogP) is 2.93. The third-order valence-electron chi connectivity index (χ3n) is 2.44. The van der Waals surface area contributed by atoms with Crippen molar-refractivity contribution in [3.8, 4) is 5.75 Å². The monoisotopic (exact) mass is 257 g/mol. The number of aliphatic hydroxyl groups excluding tert-OH is 1. The van der Waals surface area contributed by atoms with Crippen LogP contribution in [0.25, 0.3) is 10.9 Å². The van der Waals surface area contributed by atoms with Crippen LogP contribution in [-0.2, 0) is 6.61 Å². The van der Waals surface area contributed by atoms with E-state index < -0.39 is 6.36 Å².